The number of benzene rings is 1. The van der Waals surface area contributed by atoms with Gasteiger partial charge in [0.2, 0.25) is 0 Å². The molecule has 2 rings (SSSR count). The third-order valence-corrected chi connectivity index (χ3v) is 2.75. The van der Waals surface area contributed by atoms with Crippen molar-refractivity contribution in [3.63, 3.8) is 0 Å². The van der Waals surface area contributed by atoms with Crippen LogP contribution in [0.15, 0.2) is 29.0 Å². The molecular weight excluding hydrogens is 237 g/mol. The van der Waals surface area contributed by atoms with Gasteiger partial charge in [-0.1, -0.05) is 34.4 Å². The maximum Gasteiger partial charge on any atom is 0.129 e. The molecule has 0 unspecified atom stereocenters. The van der Waals surface area contributed by atoms with E-state index in [0.717, 1.165) is 5.56 Å². The molecule has 0 aliphatic carbocycles. The molecule has 0 fully saturated rings. The molecular formula is C10H7Cl2NO2. The van der Waals surface area contributed by atoms with E-state index in [2.05, 4.69) is 5.16 Å². The van der Waals surface area contributed by atoms with E-state index in [4.69, 9.17) is 32.8 Å². The Kier molecular flexibility index (Phi) is 2.95. The molecule has 5 heteroatoms. The first-order valence-corrected chi connectivity index (χ1v) is 4.97. The van der Waals surface area contributed by atoms with Crippen LogP contribution in [0.1, 0.15) is 5.56 Å². The minimum absolute atomic E-state index is 0.126. The van der Waals surface area contributed by atoms with Crippen LogP contribution in [0.2, 0.25) is 10.0 Å². The number of hydrogen-bond acceptors (Lipinski definition) is 3. The predicted octanol–water partition coefficient (Wildman–Crippen LogP) is 3.14. The summed E-state index contributed by atoms with van der Waals surface area (Å²) in [5.74, 6) is 0. The maximum atomic E-state index is 9.03. The monoisotopic (exact) mass is 243 g/mol. The first-order valence-electron chi connectivity index (χ1n) is 4.22. The summed E-state index contributed by atoms with van der Waals surface area (Å²) in [7, 11) is 0. The molecule has 0 atom stereocenters. The lowest BCUT2D eigenvalue weighted by Crippen LogP contribution is -1.86. The van der Waals surface area contributed by atoms with Crippen molar-refractivity contribution >= 4 is 23.2 Å². The summed E-state index contributed by atoms with van der Waals surface area (Å²) < 4.78 is 4.77. The number of hydrogen-bond donors (Lipinski definition) is 1. The van der Waals surface area contributed by atoms with Gasteiger partial charge in [-0.15, -0.1) is 0 Å². The molecule has 3 nitrogen and oxygen atoms in total. The average molecular weight is 244 g/mol. The van der Waals surface area contributed by atoms with Gasteiger partial charge in [0.1, 0.15) is 12.0 Å². The van der Waals surface area contributed by atoms with Crippen LogP contribution in [0.5, 0.6) is 0 Å². The standard InChI is InChI=1S/C10H7Cl2NO2/c11-8-2-1-6(3-9(8)12)10-7(4-14)5-15-13-10/h1-3,5,14H,4H2. The molecule has 1 aromatic carbocycles. The Labute approximate surface area is 96.2 Å². The summed E-state index contributed by atoms with van der Waals surface area (Å²) in [6, 6.07) is 5.13. The van der Waals surface area contributed by atoms with Gasteiger partial charge in [0.05, 0.1) is 16.7 Å². The fourth-order valence-electron chi connectivity index (χ4n) is 1.25. The van der Waals surface area contributed by atoms with Crippen molar-refractivity contribution in [3.05, 3.63) is 40.1 Å². The zero-order valence-electron chi connectivity index (χ0n) is 7.58. The zero-order valence-corrected chi connectivity index (χ0v) is 9.09. The van der Waals surface area contributed by atoms with E-state index in [1.165, 1.54) is 6.26 Å². The van der Waals surface area contributed by atoms with Crippen molar-refractivity contribution in [2.24, 2.45) is 0 Å². The second-order valence-corrected chi connectivity index (χ2v) is 3.79. The molecule has 0 saturated heterocycles. The van der Waals surface area contributed by atoms with Crippen molar-refractivity contribution in [1.82, 2.24) is 5.16 Å². The number of halogens is 2. The van der Waals surface area contributed by atoms with Gasteiger partial charge < -0.3 is 9.63 Å². The molecule has 78 valence electrons. The van der Waals surface area contributed by atoms with Gasteiger partial charge in [0, 0.05) is 11.1 Å². The van der Waals surface area contributed by atoms with Crippen LogP contribution in [-0.4, -0.2) is 10.3 Å². The highest BCUT2D eigenvalue weighted by molar-refractivity contribution is 6.42. The molecule has 0 aliphatic rings. The van der Waals surface area contributed by atoms with E-state index >= 15 is 0 Å². The van der Waals surface area contributed by atoms with Crippen LogP contribution >= 0.6 is 23.2 Å². The molecule has 0 saturated carbocycles. The van der Waals surface area contributed by atoms with Gasteiger partial charge in [0.25, 0.3) is 0 Å². The van der Waals surface area contributed by atoms with Crippen molar-refractivity contribution in [3.8, 4) is 11.3 Å². The normalized spacial score (nSPS) is 10.6. The minimum atomic E-state index is -0.126. The Morgan fingerprint density at radius 1 is 1.27 bits per heavy atom. The molecule has 0 bridgehead atoms. The van der Waals surface area contributed by atoms with E-state index in [1.807, 2.05) is 0 Å². The second-order valence-electron chi connectivity index (χ2n) is 2.98. The summed E-state index contributed by atoms with van der Waals surface area (Å²) >= 11 is 11.7. The van der Waals surface area contributed by atoms with Crippen molar-refractivity contribution < 1.29 is 9.63 Å². The van der Waals surface area contributed by atoms with Gasteiger partial charge in [-0.3, -0.25) is 0 Å². The van der Waals surface area contributed by atoms with E-state index in [1.54, 1.807) is 18.2 Å². The van der Waals surface area contributed by atoms with Crippen molar-refractivity contribution in [2.45, 2.75) is 6.61 Å². The van der Waals surface area contributed by atoms with Gasteiger partial charge in [-0.25, -0.2) is 0 Å². The highest BCUT2D eigenvalue weighted by Gasteiger charge is 2.10. The number of rotatable bonds is 2. The van der Waals surface area contributed by atoms with Crippen LogP contribution in [0.25, 0.3) is 11.3 Å². The van der Waals surface area contributed by atoms with E-state index < -0.39 is 0 Å². The molecule has 1 aromatic heterocycles. The smallest absolute Gasteiger partial charge is 0.129 e. The Morgan fingerprint density at radius 3 is 2.73 bits per heavy atom. The first kappa shape index (κ1) is 10.5. The molecule has 0 spiro atoms. The lowest BCUT2D eigenvalue weighted by molar-refractivity contribution is 0.280. The zero-order chi connectivity index (χ0) is 10.8. The maximum absolute atomic E-state index is 9.03. The van der Waals surface area contributed by atoms with Gasteiger partial charge in [-0.2, -0.15) is 0 Å². The van der Waals surface area contributed by atoms with Crippen LogP contribution in [0.4, 0.5) is 0 Å². The fraction of sp³-hybridized carbons (Fsp3) is 0.100. The van der Waals surface area contributed by atoms with E-state index in [9.17, 15) is 0 Å². The van der Waals surface area contributed by atoms with Crippen molar-refractivity contribution in [1.29, 1.82) is 0 Å². The van der Waals surface area contributed by atoms with Crippen LogP contribution in [0, 0.1) is 0 Å². The summed E-state index contributed by atoms with van der Waals surface area (Å²) in [5, 5.41) is 13.8. The Morgan fingerprint density at radius 2 is 2.07 bits per heavy atom. The Balaban J connectivity index is 2.50. The summed E-state index contributed by atoms with van der Waals surface area (Å²) in [4.78, 5) is 0. The fourth-order valence-corrected chi connectivity index (χ4v) is 1.55. The summed E-state index contributed by atoms with van der Waals surface area (Å²) in [5.41, 5.74) is 1.96. The van der Waals surface area contributed by atoms with Gasteiger partial charge in [0.15, 0.2) is 0 Å². The van der Waals surface area contributed by atoms with E-state index in [-0.39, 0.29) is 6.61 Å². The second kappa shape index (κ2) is 4.23. The highest BCUT2D eigenvalue weighted by atomic mass is 35.5. The molecule has 2 aromatic rings. The minimum Gasteiger partial charge on any atom is -0.391 e. The predicted molar refractivity (Wildman–Crippen MR) is 57.9 cm³/mol. The quantitative estimate of drug-likeness (QED) is 0.882. The third kappa shape index (κ3) is 2.00. The molecule has 0 amide bonds. The molecule has 1 N–H and O–H groups in total. The summed E-state index contributed by atoms with van der Waals surface area (Å²) in [6.07, 6.45) is 1.40. The first-order chi connectivity index (χ1) is 7.22. The van der Waals surface area contributed by atoms with Crippen LogP contribution in [-0.2, 0) is 6.61 Å². The number of nitrogens with zero attached hydrogens (tertiary/aromatic N) is 1. The number of aromatic nitrogens is 1. The highest BCUT2D eigenvalue weighted by Crippen LogP contribution is 2.29. The van der Waals surface area contributed by atoms with Gasteiger partial charge in [-0.05, 0) is 12.1 Å². The van der Waals surface area contributed by atoms with E-state index in [0.29, 0.717) is 21.3 Å². The summed E-state index contributed by atoms with van der Waals surface area (Å²) in [6.45, 7) is -0.126. The van der Waals surface area contributed by atoms with Crippen LogP contribution in [0.3, 0.4) is 0 Å². The number of aliphatic hydroxyl groups is 1. The average Bonchev–Trinajstić information content (AvgIpc) is 2.70. The Bertz CT molecular complexity index is 482. The van der Waals surface area contributed by atoms with Crippen molar-refractivity contribution in [2.75, 3.05) is 0 Å². The molecule has 15 heavy (non-hydrogen) atoms. The topological polar surface area (TPSA) is 46.3 Å². The lowest BCUT2D eigenvalue weighted by Gasteiger charge is -2.00. The van der Waals surface area contributed by atoms with Gasteiger partial charge >= 0.3 is 0 Å². The molecule has 0 aliphatic heterocycles. The third-order valence-electron chi connectivity index (χ3n) is 2.01. The largest absolute Gasteiger partial charge is 0.391 e. The van der Waals surface area contributed by atoms with Crippen LogP contribution < -0.4 is 0 Å². The molecule has 1 heterocycles. The lowest BCUT2D eigenvalue weighted by atomic mass is 10.1. The number of aliphatic hydroxyl groups excluding tert-OH is 1. The SMILES string of the molecule is OCc1conc1-c1ccc(Cl)c(Cl)c1. The Hall–Kier alpha value is -1.03. The molecule has 0 radical (unpaired) electrons.